The van der Waals surface area contributed by atoms with Crippen molar-refractivity contribution in [2.45, 2.75) is 51.5 Å². The molecule has 1 saturated heterocycles. The minimum atomic E-state index is -0.857. The molecule has 200 valence electrons. The van der Waals surface area contributed by atoms with Crippen LogP contribution >= 0.6 is 0 Å². The van der Waals surface area contributed by atoms with Crippen molar-refractivity contribution in [3.05, 3.63) is 59.2 Å². The Labute approximate surface area is 219 Å². The predicted octanol–water partition coefficient (Wildman–Crippen LogP) is 3.92. The van der Waals surface area contributed by atoms with Crippen LogP contribution in [0.25, 0.3) is 0 Å². The molecule has 2 heterocycles. The van der Waals surface area contributed by atoms with Gasteiger partial charge in [-0.25, -0.2) is 5.06 Å². The molecule has 1 amide bonds. The van der Waals surface area contributed by atoms with Gasteiger partial charge in [0.1, 0.15) is 11.5 Å². The van der Waals surface area contributed by atoms with Crippen LogP contribution in [0, 0.1) is 5.92 Å². The molecule has 8 nitrogen and oxygen atoms in total. The topological polar surface area (TPSA) is 88.5 Å². The SMILES string of the molecule is CCCON(CCC)C(=O)CN1C[C@H](c2ccc3c(c2)CCO3)[C@@H](C(=O)O)[C@@H]1Cc1ccccc1OC. The van der Waals surface area contributed by atoms with E-state index in [2.05, 4.69) is 6.07 Å². The number of rotatable bonds is 12. The predicted molar refractivity (Wildman–Crippen MR) is 140 cm³/mol. The van der Waals surface area contributed by atoms with E-state index in [0.717, 1.165) is 47.5 Å². The van der Waals surface area contributed by atoms with Gasteiger partial charge in [-0.1, -0.05) is 44.2 Å². The van der Waals surface area contributed by atoms with Gasteiger partial charge in [-0.05, 0) is 48.1 Å². The molecule has 2 aliphatic heterocycles. The second-order valence-electron chi connectivity index (χ2n) is 9.78. The van der Waals surface area contributed by atoms with Gasteiger partial charge in [0, 0.05) is 31.5 Å². The fraction of sp³-hybridized carbons (Fsp3) is 0.517. The third-order valence-corrected chi connectivity index (χ3v) is 7.29. The smallest absolute Gasteiger partial charge is 0.308 e. The van der Waals surface area contributed by atoms with E-state index in [1.54, 1.807) is 7.11 Å². The van der Waals surface area contributed by atoms with E-state index in [1.165, 1.54) is 5.06 Å². The van der Waals surface area contributed by atoms with Crippen molar-refractivity contribution in [1.29, 1.82) is 0 Å². The minimum Gasteiger partial charge on any atom is -0.496 e. The number of methoxy groups -OCH3 is 1. The zero-order valence-electron chi connectivity index (χ0n) is 22.0. The third-order valence-electron chi connectivity index (χ3n) is 7.29. The fourth-order valence-electron chi connectivity index (χ4n) is 5.54. The Hall–Kier alpha value is -3.10. The Kier molecular flexibility index (Phi) is 9.05. The maximum atomic E-state index is 13.4. The second-order valence-corrected chi connectivity index (χ2v) is 9.78. The molecular formula is C29H38N2O6. The van der Waals surface area contributed by atoms with E-state index >= 15 is 0 Å². The maximum Gasteiger partial charge on any atom is 0.308 e. The zero-order chi connectivity index (χ0) is 26.4. The normalized spacial score (nSPS) is 20.9. The number of hydrogen-bond donors (Lipinski definition) is 1. The summed E-state index contributed by atoms with van der Waals surface area (Å²) in [5.74, 6) is -0.359. The summed E-state index contributed by atoms with van der Waals surface area (Å²) < 4.78 is 11.2. The van der Waals surface area contributed by atoms with Crippen LogP contribution < -0.4 is 9.47 Å². The number of ether oxygens (including phenoxy) is 2. The molecule has 3 atom stereocenters. The highest BCUT2D eigenvalue weighted by Crippen LogP contribution is 2.41. The van der Waals surface area contributed by atoms with Crippen LogP contribution in [0.2, 0.25) is 0 Å². The molecule has 0 aromatic heterocycles. The molecule has 1 N–H and O–H groups in total. The number of carbonyl (C=O) groups excluding carboxylic acids is 1. The van der Waals surface area contributed by atoms with Crippen LogP contribution in [0.15, 0.2) is 42.5 Å². The largest absolute Gasteiger partial charge is 0.496 e. The van der Waals surface area contributed by atoms with Crippen molar-refractivity contribution < 1.29 is 29.0 Å². The van der Waals surface area contributed by atoms with Crippen molar-refractivity contribution in [2.75, 3.05) is 40.0 Å². The van der Waals surface area contributed by atoms with Gasteiger partial charge in [-0.15, -0.1) is 0 Å². The van der Waals surface area contributed by atoms with Gasteiger partial charge in [0.25, 0.3) is 5.91 Å². The third kappa shape index (κ3) is 6.08. The first-order valence-corrected chi connectivity index (χ1v) is 13.2. The molecular weight excluding hydrogens is 472 g/mol. The van der Waals surface area contributed by atoms with Crippen molar-refractivity contribution in [2.24, 2.45) is 5.92 Å². The summed E-state index contributed by atoms with van der Waals surface area (Å²) in [6, 6.07) is 13.3. The van der Waals surface area contributed by atoms with Gasteiger partial charge >= 0.3 is 5.97 Å². The highest BCUT2D eigenvalue weighted by atomic mass is 16.7. The molecule has 0 bridgehead atoms. The van der Waals surface area contributed by atoms with Crippen LogP contribution in [-0.2, 0) is 27.3 Å². The van der Waals surface area contributed by atoms with Crippen LogP contribution in [0.3, 0.4) is 0 Å². The van der Waals surface area contributed by atoms with Crippen LogP contribution in [-0.4, -0.2) is 72.9 Å². The van der Waals surface area contributed by atoms with Crippen LogP contribution in [0.1, 0.15) is 49.3 Å². The van der Waals surface area contributed by atoms with E-state index in [9.17, 15) is 14.7 Å². The van der Waals surface area contributed by atoms with E-state index in [0.29, 0.717) is 32.7 Å². The minimum absolute atomic E-state index is 0.0951. The number of amides is 1. The lowest BCUT2D eigenvalue weighted by Gasteiger charge is -2.29. The van der Waals surface area contributed by atoms with Gasteiger partial charge in [0.2, 0.25) is 0 Å². The molecule has 4 rings (SSSR count). The number of nitrogens with zero attached hydrogens (tertiary/aromatic N) is 2. The number of aliphatic carboxylic acids is 1. The number of benzene rings is 2. The number of carboxylic acids is 1. The molecule has 2 aromatic rings. The Morgan fingerprint density at radius 2 is 1.97 bits per heavy atom. The second kappa shape index (κ2) is 12.4. The summed E-state index contributed by atoms with van der Waals surface area (Å²) in [4.78, 5) is 33.9. The highest BCUT2D eigenvalue weighted by Gasteiger charge is 2.47. The summed E-state index contributed by atoms with van der Waals surface area (Å²) in [5.41, 5.74) is 3.01. The van der Waals surface area contributed by atoms with E-state index in [4.69, 9.17) is 14.3 Å². The first-order chi connectivity index (χ1) is 18.0. The molecule has 0 spiro atoms. The summed E-state index contributed by atoms with van der Waals surface area (Å²) in [6.07, 6.45) is 2.86. The Bertz CT molecular complexity index is 1090. The lowest BCUT2D eigenvalue weighted by molar-refractivity contribution is -0.188. The molecule has 0 radical (unpaired) electrons. The average Bonchev–Trinajstić information content (AvgIpc) is 3.51. The van der Waals surface area contributed by atoms with Crippen molar-refractivity contribution in [1.82, 2.24) is 9.96 Å². The molecule has 0 unspecified atom stereocenters. The van der Waals surface area contributed by atoms with Gasteiger partial charge in [0.05, 0.1) is 32.8 Å². The summed E-state index contributed by atoms with van der Waals surface area (Å²) in [7, 11) is 1.62. The fourth-order valence-corrected chi connectivity index (χ4v) is 5.54. The standard InChI is InChI=1S/C29H38N2O6/c1-4-13-31(37-14-5-2)27(32)19-30-18-23(20-10-11-26-22(16-20)12-15-36-26)28(29(33)34)24(30)17-21-8-6-7-9-25(21)35-3/h6-11,16,23-24,28H,4-5,12-15,17-19H2,1-3H3,(H,33,34)/t23-,24+,28-/m1/s1. The molecule has 2 aromatic carbocycles. The average molecular weight is 511 g/mol. The van der Waals surface area contributed by atoms with Gasteiger partial charge in [0.15, 0.2) is 0 Å². The number of carbonyl (C=O) groups is 2. The quantitative estimate of drug-likeness (QED) is 0.433. The van der Waals surface area contributed by atoms with Crippen molar-refractivity contribution in [3.63, 3.8) is 0 Å². The Morgan fingerprint density at radius 1 is 1.16 bits per heavy atom. The number of para-hydroxylation sites is 1. The van der Waals surface area contributed by atoms with Gasteiger partial charge < -0.3 is 14.6 Å². The summed E-state index contributed by atoms with van der Waals surface area (Å²) in [5, 5.41) is 11.9. The van der Waals surface area contributed by atoms with Crippen LogP contribution in [0.4, 0.5) is 0 Å². The van der Waals surface area contributed by atoms with E-state index in [-0.39, 0.29) is 24.4 Å². The molecule has 37 heavy (non-hydrogen) atoms. The Balaban J connectivity index is 1.66. The zero-order valence-corrected chi connectivity index (χ0v) is 22.0. The number of hydrogen-bond acceptors (Lipinski definition) is 6. The monoisotopic (exact) mass is 510 g/mol. The molecule has 0 aliphatic carbocycles. The number of fused-ring (bicyclic) bond motifs is 1. The molecule has 1 fully saturated rings. The lowest BCUT2D eigenvalue weighted by atomic mass is 9.82. The highest BCUT2D eigenvalue weighted by molar-refractivity contribution is 5.78. The number of hydroxylamine groups is 2. The molecule has 0 saturated carbocycles. The summed E-state index contributed by atoms with van der Waals surface area (Å²) >= 11 is 0. The first kappa shape index (κ1) is 26.9. The van der Waals surface area contributed by atoms with Gasteiger partial charge in [-0.2, -0.15) is 0 Å². The Morgan fingerprint density at radius 3 is 2.70 bits per heavy atom. The van der Waals surface area contributed by atoms with Gasteiger partial charge in [-0.3, -0.25) is 19.3 Å². The first-order valence-electron chi connectivity index (χ1n) is 13.2. The van der Waals surface area contributed by atoms with E-state index in [1.807, 2.05) is 55.1 Å². The van der Waals surface area contributed by atoms with Crippen molar-refractivity contribution >= 4 is 11.9 Å². The van der Waals surface area contributed by atoms with E-state index < -0.39 is 11.9 Å². The lowest BCUT2D eigenvalue weighted by Crippen LogP contribution is -2.45. The summed E-state index contributed by atoms with van der Waals surface area (Å²) in [6.45, 7) is 6.18. The molecule has 8 heteroatoms. The molecule has 2 aliphatic rings. The van der Waals surface area contributed by atoms with Crippen molar-refractivity contribution in [3.8, 4) is 11.5 Å². The number of carboxylic acid groups (broad SMARTS) is 1. The maximum absolute atomic E-state index is 13.4. The van der Waals surface area contributed by atoms with Crippen LogP contribution in [0.5, 0.6) is 11.5 Å². The number of likely N-dealkylation sites (tertiary alicyclic amines) is 1.